The lowest BCUT2D eigenvalue weighted by atomic mass is 9.76. The zero-order valence-electron chi connectivity index (χ0n) is 20.2. The summed E-state index contributed by atoms with van der Waals surface area (Å²) < 4.78 is 82.7. The van der Waals surface area contributed by atoms with E-state index in [0.29, 0.717) is 0 Å². The van der Waals surface area contributed by atoms with Crippen LogP contribution in [-0.2, 0) is 9.53 Å². The van der Waals surface area contributed by atoms with Crippen LogP contribution in [0.5, 0.6) is 5.75 Å². The van der Waals surface area contributed by atoms with E-state index in [0.717, 1.165) is 25.1 Å². The summed E-state index contributed by atoms with van der Waals surface area (Å²) in [6.45, 7) is 1.97. The largest absolute Gasteiger partial charge is 0.487 e. The molecule has 0 radical (unpaired) electrons. The molecule has 4 rings (SSSR count). The molecule has 2 aliphatic rings. The highest BCUT2D eigenvalue weighted by Crippen LogP contribution is 2.55. The van der Waals surface area contributed by atoms with Crippen molar-refractivity contribution >= 4 is 17.5 Å². The third-order valence-electron chi connectivity index (χ3n) is 7.21. The molecule has 2 fully saturated rings. The number of ether oxygens (including phenoxy) is 2. The number of anilines is 1. The summed E-state index contributed by atoms with van der Waals surface area (Å²) in [5.74, 6) is -8.47. The molecular formula is C25H23F5N4O4. The quantitative estimate of drug-likeness (QED) is 0.531. The Kier molecular flexibility index (Phi) is 7.05. The molecule has 38 heavy (non-hydrogen) atoms. The molecule has 0 bridgehead atoms. The van der Waals surface area contributed by atoms with Crippen LogP contribution < -0.4 is 15.8 Å². The van der Waals surface area contributed by atoms with Crippen LogP contribution in [0.2, 0.25) is 0 Å². The van der Waals surface area contributed by atoms with Gasteiger partial charge in [-0.3, -0.25) is 14.6 Å². The number of nitrogens with one attached hydrogen (secondary N) is 1. The molecule has 1 aliphatic carbocycles. The van der Waals surface area contributed by atoms with E-state index >= 15 is 0 Å². The van der Waals surface area contributed by atoms with E-state index in [-0.39, 0.29) is 35.7 Å². The first-order valence-electron chi connectivity index (χ1n) is 11.6. The van der Waals surface area contributed by atoms with Crippen LogP contribution in [0.15, 0.2) is 30.5 Å². The monoisotopic (exact) mass is 538 g/mol. The second-order valence-corrected chi connectivity index (χ2v) is 9.56. The fraction of sp³-hybridized carbons (Fsp3) is 0.440. The van der Waals surface area contributed by atoms with Gasteiger partial charge in [0.15, 0.2) is 17.2 Å². The van der Waals surface area contributed by atoms with Crippen LogP contribution in [0.25, 0.3) is 0 Å². The van der Waals surface area contributed by atoms with Gasteiger partial charge in [-0.2, -0.15) is 22.8 Å². The summed E-state index contributed by atoms with van der Waals surface area (Å²) in [5, 5.41) is 11.4. The van der Waals surface area contributed by atoms with Gasteiger partial charge in [-0.05, 0) is 25.1 Å². The van der Waals surface area contributed by atoms with E-state index in [4.69, 9.17) is 20.5 Å². The van der Waals surface area contributed by atoms with Crippen molar-refractivity contribution < 1.29 is 41.0 Å². The smallest absolute Gasteiger partial charge is 0.417 e. The Morgan fingerprint density at radius 2 is 1.95 bits per heavy atom. The number of rotatable bonds is 6. The second-order valence-electron chi connectivity index (χ2n) is 9.56. The molecule has 8 nitrogen and oxygen atoms in total. The van der Waals surface area contributed by atoms with Gasteiger partial charge in [0, 0.05) is 42.1 Å². The fourth-order valence-electron chi connectivity index (χ4n) is 4.74. The number of nitrogens with zero attached hydrogens (tertiary/aromatic N) is 2. The number of pyridine rings is 1. The molecule has 1 saturated heterocycles. The van der Waals surface area contributed by atoms with Gasteiger partial charge >= 0.3 is 6.18 Å². The molecular weight excluding hydrogens is 515 g/mol. The molecule has 0 unspecified atom stereocenters. The summed E-state index contributed by atoms with van der Waals surface area (Å²) >= 11 is 0. The topological polar surface area (TPSA) is 127 Å². The summed E-state index contributed by atoms with van der Waals surface area (Å²) in [4.78, 5) is 28.5. The second kappa shape index (κ2) is 9.83. The summed E-state index contributed by atoms with van der Waals surface area (Å²) in [5.41, 5.74) is 1.98. The first kappa shape index (κ1) is 27.3. The van der Waals surface area contributed by atoms with E-state index in [1.165, 1.54) is 19.2 Å². The number of nitriles is 1. The van der Waals surface area contributed by atoms with Crippen molar-refractivity contribution in [1.29, 1.82) is 5.26 Å². The van der Waals surface area contributed by atoms with Crippen molar-refractivity contribution in [1.82, 2.24) is 4.98 Å². The number of nitrogens with two attached hydrogens (primary N) is 1. The predicted molar refractivity (Wildman–Crippen MR) is 122 cm³/mol. The van der Waals surface area contributed by atoms with Gasteiger partial charge < -0.3 is 20.5 Å². The molecule has 2 aromatic rings. The van der Waals surface area contributed by atoms with Crippen LogP contribution in [0.4, 0.5) is 27.6 Å². The number of hydrogen-bond donors (Lipinski definition) is 2. The van der Waals surface area contributed by atoms with Crippen molar-refractivity contribution in [2.24, 2.45) is 17.6 Å². The average Bonchev–Trinajstić information content (AvgIpc) is 3.10. The van der Waals surface area contributed by atoms with E-state index < -0.39 is 65.0 Å². The Morgan fingerprint density at radius 3 is 2.55 bits per heavy atom. The maximum Gasteiger partial charge on any atom is 0.417 e. The lowest BCUT2D eigenvalue weighted by Crippen LogP contribution is -2.47. The number of halogens is 5. The van der Waals surface area contributed by atoms with Gasteiger partial charge in [-0.1, -0.05) is 13.0 Å². The number of primary amides is 1. The Hall–Kier alpha value is -3.79. The minimum absolute atomic E-state index is 0.00758. The van der Waals surface area contributed by atoms with Crippen LogP contribution in [-0.4, -0.2) is 40.8 Å². The molecule has 13 heteroatoms. The fourth-order valence-corrected chi connectivity index (χ4v) is 4.74. The normalized spacial score (nSPS) is 28.7. The van der Waals surface area contributed by atoms with Gasteiger partial charge in [0.2, 0.25) is 5.82 Å². The molecule has 4 atom stereocenters. The van der Waals surface area contributed by atoms with Crippen molar-refractivity contribution in [2.45, 2.75) is 56.6 Å². The van der Waals surface area contributed by atoms with Gasteiger partial charge in [0.1, 0.15) is 17.9 Å². The van der Waals surface area contributed by atoms with Crippen molar-refractivity contribution in [3.63, 3.8) is 0 Å². The van der Waals surface area contributed by atoms with E-state index in [1.54, 1.807) is 0 Å². The summed E-state index contributed by atoms with van der Waals surface area (Å²) in [6.07, 6.45) is -5.77. The number of carbonyl (C=O) groups is 2. The summed E-state index contributed by atoms with van der Waals surface area (Å²) in [7, 11) is 0. The lowest BCUT2D eigenvalue weighted by Gasteiger charge is -2.34. The number of amides is 2. The first-order valence-corrected chi connectivity index (χ1v) is 11.6. The van der Waals surface area contributed by atoms with Gasteiger partial charge in [0.25, 0.3) is 11.8 Å². The Bertz CT molecular complexity index is 1310. The maximum atomic E-state index is 15.0. The van der Waals surface area contributed by atoms with Crippen molar-refractivity contribution in [2.75, 3.05) is 5.32 Å². The third-order valence-corrected chi connectivity index (χ3v) is 7.21. The maximum absolute atomic E-state index is 15.0. The molecule has 3 N–H and O–H groups in total. The zero-order valence-corrected chi connectivity index (χ0v) is 20.2. The van der Waals surface area contributed by atoms with Crippen molar-refractivity contribution in [3.8, 4) is 11.8 Å². The minimum Gasteiger partial charge on any atom is -0.487 e. The predicted octanol–water partition coefficient (Wildman–Crippen LogP) is 4.22. The molecule has 0 spiro atoms. The molecule has 1 aromatic heterocycles. The summed E-state index contributed by atoms with van der Waals surface area (Å²) in [6, 6.07) is 6.25. The number of alkyl halides is 3. The zero-order chi connectivity index (χ0) is 28.0. The highest BCUT2D eigenvalue weighted by Gasteiger charge is 2.66. The number of aromatic nitrogens is 1. The van der Waals surface area contributed by atoms with E-state index in [2.05, 4.69) is 10.3 Å². The number of benzene rings is 1. The Labute approximate surface area is 213 Å². The number of carbonyl (C=O) groups excluding carboxylic acids is 2. The highest BCUT2D eigenvalue weighted by atomic mass is 19.4. The Morgan fingerprint density at radius 1 is 1.26 bits per heavy atom. The average molecular weight is 538 g/mol. The Balaban J connectivity index is 1.75. The molecule has 2 amide bonds. The van der Waals surface area contributed by atoms with Crippen molar-refractivity contribution in [3.05, 3.63) is 53.4 Å². The third kappa shape index (κ3) is 4.76. The van der Waals surface area contributed by atoms with Gasteiger partial charge in [-0.25, -0.2) is 4.39 Å². The van der Waals surface area contributed by atoms with Gasteiger partial charge in [0.05, 0.1) is 12.0 Å². The van der Waals surface area contributed by atoms with Crippen LogP contribution in [0.3, 0.4) is 0 Å². The molecule has 1 aliphatic heterocycles. The first-order chi connectivity index (χ1) is 17.8. The van der Waals surface area contributed by atoms with Crippen LogP contribution in [0, 0.1) is 34.8 Å². The van der Waals surface area contributed by atoms with Crippen LogP contribution >= 0.6 is 0 Å². The molecule has 1 aromatic carbocycles. The molecule has 202 valence electrons. The number of hydrogen-bond acceptors (Lipinski definition) is 6. The standard InChI is InChI=1S/C25H23F5N4O4/c1-11-18(15-3-4-16(26)19(27)20(15)37-14-7-12(8-14)10-31)21(38-24(11,2)25(28,29)30)23(36)34-13-5-6-33-17(9-13)22(32)35/h3-6,9,11-12,14,18,21H,7-8H2,1-2H3,(H2,32,35)(H,33,34,36)/t11-,12-,14-,18-,21+,24+/m0/s1. The minimum atomic E-state index is -4.93. The lowest BCUT2D eigenvalue weighted by molar-refractivity contribution is -0.272. The molecule has 2 heterocycles. The SMILES string of the molecule is C[C@H]1[C@@H](c2ccc(F)c(F)c2O[C@H]2C[C@H](C#N)C2)[C@H](C(=O)Nc2ccnc(C(N)=O)c2)O[C@@]1(C)C(F)(F)F. The molecule has 1 saturated carbocycles. The van der Waals surface area contributed by atoms with Crippen LogP contribution in [0.1, 0.15) is 48.7 Å². The van der Waals surface area contributed by atoms with E-state index in [1.807, 2.05) is 6.07 Å². The van der Waals surface area contributed by atoms with E-state index in [9.17, 15) is 31.5 Å². The highest BCUT2D eigenvalue weighted by molar-refractivity contribution is 5.97. The van der Waals surface area contributed by atoms with Gasteiger partial charge in [-0.15, -0.1) is 0 Å².